The molecule has 0 aromatic heterocycles. The molecule has 1 saturated heterocycles. The number of ketones is 1. The van der Waals surface area contributed by atoms with Gasteiger partial charge in [0.15, 0.2) is 5.78 Å². The van der Waals surface area contributed by atoms with Gasteiger partial charge in [-0.15, -0.1) is 0 Å². The van der Waals surface area contributed by atoms with E-state index in [1.165, 1.54) is 50.5 Å². The highest BCUT2D eigenvalue weighted by atomic mass is 16.6. The molecular weight excluding hydrogens is 356 g/mol. The summed E-state index contributed by atoms with van der Waals surface area (Å²) in [5.74, 6) is 5.24. The van der Waals surface area contributed by atoms with Gasteiger partial charge in [0.25, 0.3) is 0 Å². The van der Waals surface area contributed by atoms with Crippen LogP contribution in [0.3, 0.4) is 0 Å². The third kappa shape index (κ3) is 3.02. The molecular formula is C27H42O2. The van der Waals surface area contributed by atoms with E-state index >= 15 is 0 Å². The van der Waals surface area contributed by atoms with Crippen LogP contribution in [0.2, 0.25) is 0 Å². The Morgan fingerprint density at radius 1 is 1.07 bits per heavy atom. The molecule has 0 aromatic carbocycles. The van der Waals surface area contributed by atoms with Crippen LogP contribution in [0.5, 0.6) is 0 Å². The molecule has 0 bridgehead atoms. The van der Waals surface area contributed by atoms with Crippen molar-refractivity contribution in [1.29, 1.82) is 0 Å². The van der Waals surface area contributed by atoms with Crippen molar-refractivity contribution < 1.29 is 9.53 Å². The Morgan fingerprint density at radius 3 is 2.62 bits per heavy atom. The third-order valence-corrected chi connectivity index (χ3v) is 10.4. The van der Waals surface area contributed by atoms with Gasteiger partial charge in [0.2, 0.25) is 0 Å². The first kappa shape index (κ1) is 20.3. The highest BCUT2D eigenvalue weighted by molar-refractivity contribution is 5.92. The minimum atomic E-state index is 0.221. The smallest absolute Gasteiger partial charge is 0.155 e. The zero-order valence-electron chi connectivity index (χ0n) is 19.4. The van der Waals surface area contributed by atoms with Crippen molar-refractivity contribution in [2.75, 3.05) is 0 Å². The Bertz CT molecular complexity index is 707. The fraction of sp³-hybridized carbons (Fsp3) is 0.889. The zero-order valence-corrected chi connectivity index (χ0v) is 19.4. The maximum atomic E-state index is 12.1. The van der Waals surface area contributed by atoms with E-state index < -0.39 is 0 Å². The molecule has 0 radical (unpaired) electrons. The second-order valence-corrected chi connectivity index (χ2v) is 12.3. The lowest BCUT2D eigenvalue weighted by molar-refractivity contribution is -0.117. The van der Waals surface area contributed by atoms with Crippen LogP contribution in [-0.2, 0) is 9.53 Å². The van der Waals surface area contributed by atoms with Crippen molar-refractivity contribution in [2.45, 2.75) is 105 Å². The second kappa shape index (κ2) is 6.94. The summed E-state index contributed by atoms with van der Waals surface area (Å²) in [7, 11) is 0. The molecule has 0 N–H and O–H groups in total. The van der Waals surface area contributed by atoms with Gasteiger partial charge in [-0.2, -0.15) is 0 Å². The lowest BCUT2D eigenvalue weighted by Crippen LogP contribution is -2.53. The molecule has 2 heteroatoms. The van der Waals surface area contributed by atoms with Crippen LogP contribution >= 0.6 is 0 Å². The Morgan fingerprint density at radius 2 is 1.86 bits per heavy atom. The quantitative estimate of drug-likeness (QED) is 0.489. The van der Waals surface area contributed by atoms with Gasteiger partial charge in [-0.3, -0.25) is 4.79 Å². The van der Waals surface area contributed by atoms with E-state index in [0.29, 0.717) is 17.3 Å². The zero-order chi connectivity index (χ0) is 20.6. The Labute approximate surface area is 178 Å². The Balaban J connectivity index is 1.37. The molecule has 2 nitrogen and oxygen atoms in total. The predicted molar refractivity (Wildman–Crippen MR) is 117 cm³/mol. The SMILES string of the molecule is CC(C)CCC[C@@H](C)[C@H]1CCC2C3C(CC[C@@]21C)[C@@]1(C)CCC(=O)C=C1[C@H]1O[C@@H]31. The van der Waals surface area contributed by atoms with Gasteiger partial charge in [0.1, 0.15) is 6.10 Å². The third-order valence-electron chi connectivity index (χ3n) is 10.4. The van der Waals surface area contributed by atoms with Crippen LogP contribution in [0.1, 0.15) is 92.4 Å². The van der Waals surface area contributed by atoms with Crippen molar-refractivity contribution in [3.05, 3.63) is 11.6 Å². The van der Waals surface area contributed by atoms with E-state index in [9.17, 15) is 4.79 Å². The van der Waals surface area contributed by atoms with Crippen LogP contribution in [-0.4, -0.2) is 18.0 Å². The first-order chi connectivity index (χ1) is 13.8. The molecule has 5 rings (SSSR count). The average molecular weight is 399 g/mol. The van der Waals surface area contributed by atoms with Gasteiger partial charge in [-0.05, 0) is 90.1 Å². The van der Waals surface area contributed by atoms with Crippen LogP contribution < -0.4 is 0 Å². The maximum Gasteiger partial charge on any atom is 0.155 e. The van der Waals surface area contributed by atoms with Crippen molar-refractivity contribution in [3.8, 4) is 0 Å². The van der Waals surface area contributed by atoms with Crippen molar-refractivity contribution in [2.24, 2.45) is 46.3 Å². The molecule has 0 spiro atoms. The molecule has 4 fully saturated rings. The fourth-order valence-corrected chi connectivity index (χ4v) is 8.83. The molecule has 0 aromatic rings. The van der Waals surface area contributed by atoms with E-state index in [2.05, 4.69) is 34.6 Å². The van der Waals surface area contributed by atoms with E-state index in [1.54, 1.807) is 0 Å². The largest absolute Gasteiger partial charge is 0.365 e. The summed E-state index contributed by atoms with van der Waals surface area (Å²) >= 11 is 0. The van der Waals surface area contributed by atoms with Crippen molar-refractivity contribution in [1.82, 2.24) is 0 Å². The number of rotatable bonds is 5. The lowest BCUT2D eigenvalue weighted by atomic mass is 9.46. The molecule has 3 unspecified atom stereocenters. The second-order valence-electron chi connectivity index (χ2n) is 12.3. The van der Waals surface area contributed by atoms with Gasteiger partial charge in [-0.1, -0.05) is 53.9 Å². The number of epoxide rings is 1. The normalized spacial score (nSPS) is 49.0. The van der Waals surface area contributed by atoms with Crippen molar-refractivity contribution >= 4 is 5.78 Å². The van der Waals surface area contributed by atoms with Crippen LogP contribution in [0.4, 0.5) is 0 Å². The number of hydrogen-bond donors (Lipinski definition) is 0. The molecule has 9 atom stereocenters. The molecule has 5 aliphatic rings. The van der Waals surface area contributed by atoms with E-state index in [-0.39, 0.29) is 11.5 Å². The van der Waals surface area contributed by atoms with Gasteiger partial charge < -0.3 is 4.74 Å². The van der Waals surface area contributed by atoms with Gasteiger partial charge in [-0.25, -0.2) is 0 Å². The van der Waals surface area contributed by atoms with Crippen molar-refractivity contribution in [3.63, 3.8) is 0 Å². The number of fused-ring (bicyclic) bond motifs is 8. The molecule has 162 valence electrons. The topological polar surface area (TPSA) is 29.6 Å². The molecule has 29 heavy (non-hydrogen) atoms. The summed E-state index contributed by atoms with van der Waals surface area (Å²) in [6.45, 7) is 12.4. The molecule has 1 heterocycles. The highest BCUT2D eigenvalue weighted by Gasteiger charge is 2.69. The van der Waals surface area contributed by atoms with Gasteiger partial charge >= 0.3 is 0 Å². The first-order valence-electron chi connectivity index (χ1n) is 12.7. The first-order valence-corrected chi connectivity index (χ1v) is 12.7. The minimum absolute atomic E-state index is 0.221. The van der Waals surface area contributed by atoms with Crippen LogP contribution in [0.15, 0.2) is 11.6 Å². The van der Waals surface area contributed by atoms with Gasteiger partial charge in [0.05, 0.1) is 6.10 Å². The van der Waals surface area contributed by atoms with E-state index in [0.717, 1.165) is 48.3 Å². The van der Waals surface area contributed by atoms with E-state index in [1.807, 2.05) is 6.08 Å². The summed E-state index contributed by atoms with van der Waals surface area (Å²) in [5.41, 5.74) is 2.11. The average Bonchev–Trinajstić information content (AvgIpc) is 3.37. The number of hydrogen-bond acceptors (Lipinski definition) is 2. The summed E-state index contributed by atoms with van der Waals surface area (Å²) in [5, 5.41) is 0. The molecule has 4 aliphatic carbocycles. The maximum absolute atomic E-state index is 12.1. The Kier molecular flexibility index (Phi) is 4.85. The van der Waals surface area contributed by atoms with E-state index in [4.69, 9.17) is 4.74 Å². The number of carbonyl (C=O) groups excluding carboxylic acids is 1. The standard InChI is InChI=1S/C27H42O2/c1-16(2)7-6-8-17(3)19-9-10-20-23-21(12-14-26(19,20)4)27(5)13-11-18(28)15-22(27)24-25(23)29-24/h15-17,19-21,23-25H,6-14H2,1-5H3/t17-,19-,20?,21?,23?,24-,25+,26-,27-/m1/s1. The number of ether oxygens (including phenoxy) is 1. The monoisotopic (exact) mass is 398 g/mol. The number of carbonyl (C=O) groups is 1. The van der Waals surface area contributed by atoms with Crippen LogP contribution in [0, 0.1) is 46.3 Å². The minimum Gasteiger partial charge on any atom is -0.365 e. The summed E-state index contributed by atoms with van der Waals surface area (Å²) in [6.07, 6.45) is 14.3. The van der Waals surface area contributed by atoms with Crippen LogP contribution in [0.25, 0.3) is 0 Å². The summed E-state index contributed by atoms with van der Waals surface area (Å²) < 4.78 is 6.35. The van der Waals surface area contributed by atoms with Gasteiger partial charge in [0, 0.05) is 6.42 Å². The molecule has 1 aliphatic heterocycles. The predicted octanol–water partition coefficient (Wildman–Crippen LogP) is 6.58. The highest BCUT2D eigenvalue weighted by Crippen LogP contribution is 2.70. The summed E-state index contributed by atoms with van der Waals surface area (Å²) in [4.78, 5) is 12.1. The molecule has 3 saturated carbocycles. The fourth-order valence-electron chi connectivity index (χ4n) is 8.83. The summed E-state index contributed by atoms with van der Waals surface area (Å²) in [6, 6.07) is 0. The molecule has 0 amide bonds. The lowest BCUT2D eigenvalue weighted by Gasteiger charge is -2.57. The Hall–Kier alpha value is -0.630.